The normalized spacial score (nSPS) is 12.0. The highest BCUT2D eigenvalue weighted by molar-refractivity contribution is 7.10. The average Bonchev–Trinajstić information content (AvgIpc) is 2.90. The number of aromatic nitrogens is 2. The van der Waals surface area contributed by atoms with E-state index < -0.39 is 0 Å². The van der Waals surface area contributed by atoms with Crippen LogP contribution in [0.5, 0.6) is 0 Å². The summed E-state index contributed by atoms with van der Waals surface area (Å²) in [5.41, 5.74) is 12.0. The molecule has 0 bridgehead atoms. The molecule has 0 radical (unpaired) electrons. The number of hydrogen-bond acceptors (Lipinski definition) is 3. The van der Waals surface area contributed by atoms with E-state index in [1.165, 1.54) is 21.7 Å². The fourth-order valence-corrected chi connectivity index (χ4v) is 2.98. The largest absolute Gasteiger partial charge is 0.264 e. The molecule has 1 aliphatic rings. The van der Waals surface area contributed by atoms with Crippen LogP contribution in [0, 0.1) is 0 Å². The fraction of sp³-hybridized carbons (Fsp3) is 0.300. The average molecular weight is 231 g/mol. The van der Waals surface area contributed by atoms with Gasteiger partial charge in [-0.05, 0) is 17.0 Å². The highest BCUT2D eigenvalue weighted by atomic mass is 32.1. The summed E-state index contributed by atoms with van der Waals surface area (Å²) in [4.78, 5) is 4.16. The third-order valence-corrected chi connectivity index (χ3v) is 3.66. The van der Waals surface area contributed by atoms with E-state index in [0.29, 0.717) is 13.1 Å². The Morgan fingerprint density at radius 2 is 2.56 bits per heavy atom. The van der Waals surface area contributed by atoms with Gasteiger partial charge in [0.2, 0.25) is 0 Å². The number of nitrogens with zero attached hydrogens (tertiary/aromatic N) is 5. The third-order valence-electron chi connectivity index (χ3n) is 2.74. The van der Waals surface area contributed by atoms with E-state index in [9.17, 15) is 0 Å². The van der Waals surface area contributed by atoms with Gasteiger partial charge < -0.3 is 0 Å². The molecular weight excluding hydrogens is 222 g/mol. The third kappa shape index (κ3) is 1.31. The molecule has 0 atom stereocenters. The molecule has 0 amide bonds. The summed E-state index contributed by atoms with van der Waals surface area (Å²) in [7, 11) is 0. The van der Waals surface area contributed by atoms with Crippen LogP contribution in [0.4, 0.5) is 0 Å². The minimum atomic E-state index is 0.449. The van der Waals surface area contributed by atoms with Crippen molar-refractivity contribution in [1.29, 1.82) is 0 Å². The maximum Gasteiger partial charge on any atom is 0.0729 e. The van der Waals surface area contributed by atoms with Crippen molar-refractivity contribution in [1.82, 2.24) is 9.78 Å². The molecule has 0 aliphatic heterocycles. The van der Waals surface area contributed by atoms with Gasteiger partial charge in [0.25, 0.3) is 0 Å². The zero-order valence-electron chi connectivity index (χ0n) is 8.50. The molecule has 0 fully saturated rings. The molecule has 0 spiro atoms. The second-order valence-corrected chi connectivity index (χ2v) is 4.63. The summed E-state index contributed by atoms with van der Waals surface area (Å²) in [5, 5.41) is 9.97. The smallest absolute Gasteiger partial charge is 0.0729 e. The zero-order chi connectivity index (χ0) is 11.0. The SMILES string of the molecule is [N-]=[N+]=NCCn1ncc2c1-c1ccsc1C2. The van der Waals surface area contributed by atoms with Crippen LogP contribution in [0.25, 0.3) is 21.7 Å². The van der Waals surface area contributed by atoms with E-state index >= 15 is 0 Å². The van der Waals surface area contributed by atoms with Crippen LogP contribution in [-0.4, -0.2) is 16.3 Å². The minimum absolute atomic E-state index is 0.449. The molecule has 0 saturated carbocycles. The molecule has 2 aromatic heterocycles. The molecule has 3 rings (SSSR count). The Hall–Kier alpha value is -1.78. The zero-order valence-corrected chi connectivity index (χ0v) is 9.31. The topological polar surface area (TPSA) is 66.6 Å². The molecule has 0 unspecified atom stereocenters. The second kappa shape index (κ2) is 3.66. The van der Waals surface area contributed by atoms with Crippen molar-refractivity contribution in [3.8, 4) is 11.3 Å². The molecule has 0 aromatic carbocycles. The van der Waals surface area contributed by atoms with Gasteiger partial charge in [0.15, 0.2) is 0 Å². The summed E-state index contributed by atoms with van der Waals surface area (Å²) in [6.07, 6.45) is 2.90. The molecule has 6 heteroatoms. The molecule has 2 heterocycles. The first kappa shape index (κ1) is 9.45. The standard InChI is InChI=1S/C10H9N5S/c11-14-12-2-3-15-10-7(6-13-15)5-9-8(10)1-4-16-9/h1,4,6H,2-3,5H2. The Morgan fingerprint density at radius 3 is 3.44 bits per heavy atom. The Kier molecular flexibility index (Phi) is 2.16. The van der Waals surface area contributed by atoms with Crippen LogP contribution in [0.2, 0.25) is 0 Å². The van der Waals surface area contributed by atoms with Crippen LogP contribution in [0.3, 0.4) is 0 Å². The van der Waals surface area contributed by atoms with E-state index in [1.54, 1.807) is 11.3 Å². The van der Waals surface area contributed by atoms with Crippen LogP contribution in [-0.2, 0) is 13.0 Å². The van der Waals surface area contributed by atoms with Crippen molar-refractivity contribution in [3.05, 3.63) is 38.5 Å². The molecule has 16 heavy (non-hydrogen) atoms. The van der Waals surface area contributed by atoms with Gasteiger partial charge in [-0.2, -0.15) is 5.10 Å². The van der Waals surface area contributed by atoms with Crippen LogP contribution >= 0.6 is 11.3 Å². The minimum Gasteiger partial charge on any atom is -0.264 e. The lowest BCUT2D eigenvalue weighted by Crippen LogP contribution is -2.04. The summed E-state index contributed by atoms with van der Waals surface area (Å²) in [6.45, 7) is 1.10. The van der Waals surface area contributed by atoms with Crippen LogP contribution in [0.15, 0.2) is 22.8 Å². The molecular formula is C10H9N5S. The molecule has 0 N–H and O–H groups in total. The Morgan fingerprint density at radius 1 is 1.62 bits per heavy atom. The number of rotatable bonds is 3. The number of fused-ring (bicyclic) bond motifs is 3. The molecule has 5 nitrogen and oxygen atoms in total. The predicted molar refractivity (Wildman–Crippen MR) is 62.4 cm³/mol. The Labute approximate surface area is 96.0 Å². The van der Waals surface area contributed by atoms with Gasteiger partial charge >= 0.3 is 0 Å². The van der Waals surface area contributed by atoms with Crippen molar-refractivity contribution < 1.29 is 0 Å². The summed E-state index contributed by atoms with van der Waals surface area (Å²) >= 11 is 1.79. The molecule has 80 valence electrons. The number of hydrogen-bond donors (Lipinski definition) is 0. The van der Waals surface area contributed by atoms with E-state index in [2.05, 4.69) is 26.6 Å². The van der Waals surface area contributed by atoms with Crippen molar-refractivity contribution in [2.75, 3.05) is 6.54 Å². The van der Waals surface area contributed by atoms with Crippen molar-refractivity contribution in [2.45, 2.75) is 13.0 Å². The first-order valence-electron chi connectivity index (χ1n) is 5.02. The number of thiophene rings is 1. The van der Waals surface area contributed by atoms with E-state index in [-0.39, 0.29) is 0 Å². The van der Waals surface area contributed by atoms with Crippen LogP contribution in [0.1, 0.15) is 10.4 Å². The van der Waals surface area contributed by atoms with Gasteiger partial charge in [-0.15, -0.1) is 11.3 Å². The fourth-order valence-electron chi connectivity index (χ4n) is 2.08. The monoisotopic (exact) mass is 231 g/mol. The van der Waals surface area contributed by atoms with E-state index in [0.717, 1.165) is 6.42 Å². The maximum absolute atomic E-state index is 8.24. The van der Waals surface area contributed by atoms with Crippen molar-refractivity contribution in [3.63, 3.8) is 0 Å². The lowest BCUT2D eigenvalue weighted by Gasteiger charge is -2.02. The van der Waals surface area contributed by atoms with Crippen LogP contribution < -0.4 is 0 Å². The summed E-state index contributed by atoms with van der Waals surface area (Å²) in [6, 6.07) is 2.14. The highest BCUT2D eigenvalue weighted by Crippen LogP contribution is 2.39. The maximum atomic E-state index is 8.24. The van der Waals surface area contributed by atoms with Gasteiger partial charge in [-0.1, -0.05) is 5.11 Å². The Bertz CT molecular complexity index is 576. The van der Waals surface area contributed by atoms with Gasteiger partial charge in [-0.25, -0.2) is 0 Å². The summed E-state index contributed by atoms with van der Waals surface area (Å²) < 4.78 is 1.93. The molecule has 0 saturated heterocycles. The first-order chi connectivity index (χ1) is 7.90. The van der Waals surface area contributed by atoms with Gasteiger partial charge in [0.1, 0.15) is 0 Å². The first-order valence-corrected chi connectivity index (χ1v) is 5.90. The quantitative estimate of drug-likeness (QED) is 0.388. The Balaban J connectivity index is 1.96. The second-order valence-electron chi connectivity index (χ2n) is 3.63. The van der Waals surface area contributed by atoms with E-state index in [1.807, 2.05) is 10.9 Å². The van der Waals surface area contributed by atoms with Crippen molar-refractivity contribution in [2.24, 2.45) is 5.11 Å². The van der Waals surface area contributed by atoms with E-state index in [4.69, 9.17) is 5.53 Å². The molecule has 2 aromatic rings. The predicted octanol–water partition coefficient (Wildman–Crippen LogP) is 2.83. The van der Waals surface area contributed by atoms with Crippen molar-refractivity contribution >= 4 is 11.3 Å². The van der Waals surface area contributed by atoms with Gasteiger partial charge in [0.05, 0.1) is 11.9 Å². The summed E-state index contributed by atoms with van der Waals surface area (Å²) in [5.74, 6) is 0. The van der Waals surface area contributed by atoms with Gasteiger partial charge in [0, 0.05) is 40.4 Å². The van der Waals surface area contributed by atoms with Gasteiger partial charge in [-0.3, -0.25) is 4.68 Å². The number of azide groups is 1. The highest BCUT2D eigenvalue weighted by Gasteiger charge is 2.23. The lowest BCUT2D eigenvalue weighted by molar-refractivity contribution is 0.630. The molecule has 1 aliphatic carbocycles. The lowest BCUT2D eigenvalue weighted by atomic mass is 10.2.